The van der Waals surface area contributed by atoms with Crippen molar-refractivity contribution >= 4 is 0 Å². The molecule has 1 heterocycles. The molecule has 0 spiro atoms. The predicted octanol–water partition coefficient (Wildman–Crippen LogP) is 3.38. The maximum Gasteiger partial charge on any atom is 0.434 e. The normalized spacial score (nSPS) is 11.4. The minimum Gasteiger partial charge on any atom is -0.227 e. The van der Waals surface area contributed by atoms with Gasteiger partial charge in [-0.1, -0.05) is 12.1 Å². The van der Waals surface area contributed by atoms with Gasteiger partial charge < -0.3 is 0 Å². The van der Waals surface area contributed by atoms with Crippen molar-refractivity contribution in [2.75, 3.05) is 0 Å². The SMILES string of the molecule is Cc1ccc(C)c(-n2ncc(C#N)c2C(F)(F)F)c1. The molecule has 0 unspecified atom stereocenters. The molecule has 19 heavy (non-hydrogen) atoms. The molecule has 2 rings (SSSR count). The van der Waals surface area contributed by atoms with Gasteiger partial charge in [0.15, 0.2) is 5.69 Å². The zero-order chi connectivity index (χ0) is 14.2. The molecule has 1 aromatic heterocycles. The van der Waals surface area contributed by atoms with Crippen molar-refractivity contribution in [1.29, 1.82) is 5.26 Å². The number of aromatic nitrogens is 2. The van der Waals surface area contributed by atoms with Crippen LogP contribution >= 0.6 is 0 Å². The Morgan fingerprint density at radius 2 is 1.95 bits per heavy atom. The van der Waals surface area contributed by atoms with E-state index in [2.05, 4.69) is 5.10 Å². The standard InChI is InChI=1S/C13H10F3N3/c1-8-3-4-9(2)11(5-8)19-12(13(14,15)16)10(6-17)7-18-19/h3-5,7H,1-2H3. The van der Waals surface area contributed by atoms with E-state index in [1.807, 2.05) is 0 Å². The Hall–Kier alpha value is -2.29. The van der Waals surface area contributed by atoms with Crippen LogP contribution in [0.5, 0.6) is 0 Å². The van der Waals surface area contributed by atoms with Crippen molar-refractivity contribution in [3.05, 3.63) is 46.8 Å². The quantitative estimate of drug-likeness (QED) is 0.793. The van der Waals surface area contributed by atoms with E-state index >= 15 is 0 Å². The highest BCUT2D eigenvalue weighted by atomic mass is 19.4. The summed E-state index contributed by atoms with van der Waals surface area (Å²) in [5, 5.41) is 12.5. The van der Waals surface area contributed by atoms with E-state index in [1.165, 1.54) is 6.07 Å². The van der Waals surface area contributed by atoms with Crippen molar-refractivity contribution in [2.24, 2.45) is 0 Å². The van der Waals surface area contributed by atoms with Crippen LogP contribution in [-0.4, -0.2) is 9.78 Å². The van der Waals surface area contributed by atoms with Gasteiger partial charge in [0.05, 0.1) is 11.9 Å². The van der Waals surface area contributed by atoms with Crippen molar-refractivity contribution in [1.82, 2.24) is 9.78 Å². The van der Waals surface area contributed by atoms with Crippen molar-refractivity contribution in [3.63, 3.8) is 0 Å². The lowest BCUT2D eigenvalue weighted by atomic mass is 10.1. The van der Waals surface area contributed by atoms with Crippen LogP contribution in [0.15, 0.2) is 24.4 Å². The first-order chi connectivity index (χ1) is 8.84. The minimum absolute atomic E-state index is 0.328. The molecule has 0 aliphatic rings. The van der Waals surface area contributed by atoms with E-state index in [0.29, 0.717) is 11.3 Å². The largest absolute Gasteiger partial charge is 0.434 e. The van der Waals surface area contributed by atoms with Crippen LogP contribution in [0.1, 0.15) is 22.4 Å². The highest BCUT2D eigenvalue weighted by Crippen LogP contribution is 2.34. The molecular formula is C13H10F3N3. The predicted molar refractivity (Wildman–Crippen MR) is 62.8 cm³/mol. The van der Waals surface area contributed by atoms with Crippen LogP contribution in [0.25, 0.3) is 5.69 Å². The van der Waals surface area contributed by atoms with Crippen molar-refractivity contribution in [2.45, 2.75) is 20.0 Å². The molecular weight excluding hydrogens is 255 g/mol. The molecule has 3 nitrogen and oxygen atoms in total. The summed E-state index contributed by atoms with van der Waals surface area (Å²) in [6, 6.07) is 6.66. The Bertz CT molecular complexity index is 663. The topological polar surface area (TPSA) is 41.6 Å². The average Bonchev–Trinajstić information content (AvgIpc) is 2.75. The number of benzene rings is 1. The number of nitriles is 1. The van der Waals surface area contributed by atoms with Gasteiger partial charge in [-0.2, -0.15) is 23.5 Å². The molecule has 0 fully saturated rings. The summed E-state index contributed by atoms with van der Waals surface area (Å²) < 4.78 is 39.9. The summed E-state index contributed by atoms with van der Waals surface area (Å²) in [5.41, 5.74) is 0.289. The molecule has 0 aliphatic heterocycles. The van der Waals surface area contributed by atoms with Gasteiger partial charge in [-0.15, -0.1) is 0 Å². The van der Waals surface area contributed by atoms with Crippen LogP contribution in [0.2, 0.25) is 0 Å². The molecule has 0 atom stereocenters. The van der Waals surface area contributed by atoms with Gasteiger partial charge in [0.1, 0.15) is 11.6 Å². The minimum atomic E-state index is -4.63. The van der Waals surface area contributed by atoms with E-state index in [-0.39, 0.29) is 0 Å². The first-order valence-corrected chi connectivity index (χ1v) is 5.47. The Labute approximate surface area is 107 Å². The van der Waals surface area contributed by atoms with Gasteiger partial charge in [0, 0.05) is 0 Å². The highest BCUT2D eigenvalue weighted by Gasteiger charge is 2.39. The highest BCUT2D eigenvalue weighted by molar-refractivity contribution is 5.46. The third-order valence-corrected chi connectivity index (χ3v) is 2.75. The van der Waals surface area contributed by atoms with E-state index < -0.39 is 17.4 Å². The van der Waals surface area contributed by atoms with Gasteiger partial charge in [-0.05, 0) is 31.0 Å². The number of rotatable bonds is 1. The van der Waals surface area contributed by atoms with Crippen LogP contribution in [0.4, 0.5) is 13.2 Å². The molecule has 0 radical (unpaired) electrons. The zero-order valence-electron chi connectivity index (χ0n) is 10.3. The van der Waals surface area contributed by atoms with Gasteiger partial charge in [-0.25, -0.2) is 4.68 Å². The molecule has 0 bridgehead atoms. The molecule has 0 saturated heterocycles. The molecule has 2 aromatic rings. The maximum atomic E-state index is 13.0. The fraction of sp³-hybridized carbons (Fsp3) is 0.231. The Balaban J connectivity index is 2.74. The van der Waals surface area contributed by atoms with Crippen LogP contribution in [0.3, 0.4) is 0 Å². The first kappa shape index (κ1) is 13.1. The van der Waals surface area contributed by atoms with Gasteiger partial charge in [0.2, 0.25) is 0 Å². The molecule has 0 saturated carbocycles. The molecule has 98 valence electrons. The fourth-order valence-corrected chi connectivity index (χ4v) is 1.83. The number of aryl methyl sites for hydroxylation is 2. The Morgan fingerprint density at radius 3 is 2.53 bits per heavy atom. The summed E-state index contributed by atoms with van der Waals surface area (Å²) in [5.74, 6) is 0. The number of hydrogen-bond acceptors (Lipinski definition) is 2. The number of halogens is 3. The molecule has 0 N–H and O–H groups in total. The van der Waals surface area contributed by atoms with Crippen molar-refractivity contribution in [3.8, 4) is 11.8 Å². The summed E-state index contributed by atoms with van der Waals surface area (Å²) in [6.07, 6.45) is -3.69. The third-order valence-electron chi connectivity index (χ3n) is 2.75. The zero-order valence-corrected chi connectivity index (χ0v) is 10.3. The summed E-state index contributed by atoms with van der Waals surface area (Å²) in [7, 11) is 0. The lowest BCUT2D eigenvalue weighted by molar-refractivity contribution is -0.143. The first-order valence-electron chi connectivity index (χ1n) is 5.47. The fourth-order valence-electron chi connectivity index (χ4n) is 1.83. The van der Waals surface area contributed by atoms with E-state index in [0.717, 1.165) is 16.4 Å². The Morgan fingerprint density at radius 1 is 1.26 bits per heavy atom. The summed E-state index contributed by atoms with van der Waals surface area (Å²) >= 11 is 0. The van der Waals surface area contributed by atoms with Crippen LogP contribution < -0.4 is 0 Å². The van der Waals surface area contributed by atoms with Gasteiger partial charge in [0.25, 0.3) is 0 Å². The number of hydrogen-bond donors (Lipinski definition) is 0. The summed E-state index contributed by atoms with van der Waals surface area (Å²) in [4.78, 5) is 0. The van der Waals surface area contributed by atoms with E-state index in [9.17, 15) is 13.2 Å². The molecule has 0 amide bonds. The maximum absolute atomic E-state index is 13.0. The van der Waals surface area contributed by atoms with Gasteiger partial charge in [-0.3, -0.25) is 0 Å². The third kappa shape index (κ3) is 2.32. The molecule has 6 heteroatoms. The van der Waals surface area contributed by atoms with Crippen molar-refractivity contribution < 1.29 is 13.2 Å². The van der Waals surface area contributed by atoms with Gasteiger partial charge >= 0.3 is 6.18 Å². The second kappa shape index (κ2) is 4.43. The second-order valence-corrected chi connectivity index (χ2v) is 4.22. The second-order valence-electron chi connectivity index (χ2n) is 4.22. The lowest BCUT2D eigenvalue weighted by Gasteiger charge is -2.13. The average molecular weight is 265 g/mol. The summed E-state index contributed by atoms with van der Waals surface area (Å²) in [6.45, 7) is 3.48. The molecule has 0 aliphatic carbocycles. The number of nitrogens with zero attached hydrogens (tertiary/aromatic N) is 3. The van der Waals surface area contributed by atoms with E-state index in [1.54, 1.807) is 32.0 Å². The Kier molecular flexibility index (Phi) is 3.06. The smallest absolute Gasteiger partial charge is 0.227 e. The van der Waals surface area contributed by atoms with E-state index in [4.69, 9.17) is 5.26 Å². The lowest BCUT2D eigenvalue weighted by Crippen LogP contribution is -2.15. The van der Waals surface area contributed by atoms with Crippen LogP contribution in [-0.2, 0) is 6.18 Å². The monoisotopic (exact) mass is 265 g/mol. The molecule has 1 aromatic carbocycles. The number of alkyl halides is 3. The van der Waals surface area contributed by atoms with Crippen LogP contribution in [0, 0.1) is 25.2 Å².